The molecule has 114 valence electrons. The molecule has 3 rings (SSSR count). The minimum atomic E-state index is 0.00506. The molecule has 0 bridgehead atoms. The second-order valence-electron chi connectivity index (χ2n) is 5.72. The van der Waals surface area contributed by atoms with Crippen molar-refractivity contribution in [3.05, 3.63) is 71.3 Å². The average molecular weight is 311 g/mol. The van der Waals surface area contributed by atoms with Crippen LogP contribution in [0.2, 0.25) is 0 Å². The average Bonchev–Trinajstić information content (AvgIpc) is 2.59. The number of hydrogen-bond donors (Lipinski definition) is 0. The highest BCUT2D eigenvalue weighted by Gasteiger charge is 2.24. The standard InChI is InChI=1S/C19H21NOS/c1-15(22-14-16-7-3-2-4-8-16)19(21)20-12-11-17-9-5-6-10-18(17)13-20/h2-10,15H,11-14H2,1H3/t15-/m1/s1. The van der Waals surface area contributed by atoms with E-state index >= 15 is 0 Å². The van der Waals surface area contributed by atoms with E-state index in [2.05, 4.69) is 36.4 Å². The van der Waals surface area contributed by atoms with Crippen molar-refractivity contribution in [3.63, 3.8) is 0 Å². The largest absolute Gasteiger partial charge is 0.337 e. The summed E-state index contributed by atoms with van der Waals surface area (Å²) in [5.74, 6) is 1.15. The Kier molecular flexibility index (Phi) is 4.84. The van der Waals surface area contributed by atoms with Crippen LogP contribution in [-0.2, 0) is 23.5 Å². The predicted octanol–water partition coefficient (Wildman–Crippen LogP) is 3.89. The highest BCUT2D eigenvalue weighted by Crippen LogP contribution is 2.23. The van der Waals surface area contributed by atoms with Crippen molar-refractivity contribution in [2.24, 2.45) is 0 Å². The Bertz CT molecular complexity index is 641. The molecule has 3 heteroatoms. The molecule has 1 aliphatic rings. The fraction of sp³-hybridized carbons (Fsp3) is 0.316. The van der Waals surface area contributed by atoms with E-state index in [0.29, 0.717) is 0 Å². The van der Waals surface area contributed by atoms with Crippen molar-refractivity contribution in [1.82, 2.24) is 4.90 Å². The maximum atomic E-state index is 12.6. The van der Waals surface area contributed by atoms with E-state index in [1.165, 1.54) is 16.7 Å². The first-order valence-corrected chi connectivity index (χ1v) is 8.80. The summed E-state index contributed by atoms with van der Waals surface area (Å²) < 4.78 is 0. The van der Waals surface area contributed by atoms with Gasteiger partial charge in [0.05, 0.1) is 5.25 Å². The third-order valence-corrected chi connectivity index (χ3v) is 5.33. The fourth-order valence-corrected chi connectivity index (χ4v) is 3.73. The van der Waals surface area contributed by atoms with Crippen molar-refractivity contribution in [2.75, 3.05) is 6.54 Å². The molecule has 0 spiro atoms. The molecule has 0 aliphatic carbocycles. The Hall–Kier alpha value is -1.74. The lowest BCUT2D eigenvalue weighted by molar-refractivity contribution is -0.131. The highest BCUT2D eigenvalue weighted by molar-refractivity contribution is 7.99. The summed E-state index contributed by atoms with van der Waals surface area (Å²) in [6.45, 7) is 3.62. The van der Waals surface area contributed by atoms with Crippen molar-refractivity contribution in [3.8, 4) is 0 Å². The summed E-state index contributed by atoms with van der Waals surface area (Å²) in [5.41, 5.74) is 3.95. The lowest BCUT2D eigenvalue weighted by Crippen LogP contribution is -2.40. The topological polar surface area (TPSA) is 20.3 Å². The number of amides is 1. The number of rotatable bonds is 4. The maximum absolute atomic E-state index is 12.6. The Morgan fingerprint density at radius 1 is 1.09 bits per heavy atom. The van der Waals surface area contributed by atoms with Crippen molar-refractivity contribution in [1.29, 1.82) is 0 Å². The molecule has 0 aromatic heterocycles. The van der Waals surface area contributed by atoms with E-state index in [1.807, 2.05) is 30.0 Å². The van der Waals surface area contributed by atoms with Gasteiger partial charge in [0.2, 0.25) is 5.91 Å². The van der Waals surface area contributed by atoms with E-state index in [0.717, 1.165) is 25.3 Å². The summed E-state index contributed by atoms with van der Waals surface area (Å²) >= 11 is 1.72. The molecule has 0 saturated carbocycles. The van der Waals surface area contributed by atoms with Gasteiger partial charge in [0.15, 0.2) is 0 Å². The van der Waals surface area contributed by atoms with E-state index in [1.54, 1.807) is 11.8 Å². The summed E-state index contributed by atoms with van der Waals surface area (Å²) in [5, 5.41) is 0.00506. The number of fused-ring (bicyclic) bond motifs is 1. The van der Waals surface area contributed by atoms with E-state index < -0.39 is 0 Å². The van der Waals surface area contributed by atoms with Crippen LogP contribution in [0, 0.1) is 0 Å². The van der Waals surface area contributed by atoms with Gasteiger partial charge in [-0.2, -0.15) is 0 Å². The second kappa shape index (κ2) is 7.01. The number of hydrogen-bond acceptors (Lipinski definition) is 2. The number of thioether (sulfide) groups is 1. The maximum Gasteiger partial charge on any atom is 0.235 e. The minimum Gasteiger partial charge on any atom is -0.337 e. The zero-order valence-electron chi connectivity index (χ0n) is 12.9. The molecular weight excluding hydrogens is 290 g/mol. The van der Waals surface area contributed by atoms with Gasteiger partial charge in [-0.05, 0) is 30.0 Å². The van der Waals surface area contributed by atoms with Crippen LogP contribution in [0.25, 0.3) is 0 Å². The molecule has 1 heterocycles. The third kappa shape index (κ3) is 3.53. The molecule has 0 radical (unpaired) electrons. The van der Waals surface area contributed by atoms with Gasteiger partial charge < -0.3 is 4.90 Å². The monoisotopic (exact) mass is 311 g/mol. The summed E-state index contributed by atoms with van der Waals surface area (Å²) in [6, 6.07) is 18.8. The Morgan fingerprint density at radius 2 is 1.77 bits per heavy atom. The van der Waals surface area contributed by atoms with Gasteiger partial charge in [-0.15, -0.1) is 11.8 Å². The van der Waals surface area contributed by atoms with Gasteiger partial charge in [0, 0.05) is 18.8 Å². The van der Waals surface area contributed by atoms with Crippen LogP contribution < -0.4 is 0 Å². The predicted molar refractivity (Wildman–Crippen MR) is 92.8 cm³/mol. The number of carbonyl (C=O) groups excluding carboxylic acids is 1. The van der Waals surface area contributed by atoms with Gasteiger partial charge in [0.25, 0.3) is 0 Å². The summed E-state index contributed by atoms with van der Waals surface area (Å²) in [7, 11) is 0. The molecule has 22 heavy (non-hydrogen) atoms. The first-order chi connectivity index (χ1) is 10.7. The van der Waals surface area contributed by atoms with Crippen molar-refractivity contribution in [2.45, 2.75) is 30.9 Å². The van der Waals surface area contributed by atoms with Gasteiger partial charge in [-0.3, -0.25) is 4.79 Å². The van der Waals surface area contributed by atoms with Gasteiger partial charge >= 0.3 is 0 Å². The van der Waals surface area contributed by atoms with Crippen LogP contribution in [0.5, 0.6) is 0 Å². The summed E-state index contributed by atoms with van der Waals surface area (Å²) in [4.78, 5) is 14.6. The molecule has 0 saturated heterocycles. The van der Waals surface area contributed by atoms with Crippen molar-refractivity contribution >= 4 is 17.7 Å². The zero-order chi connectivity index (χ0) is 15.4. The molecule has 1 aliphatic heterocycles. The van der Waals surface area contributed by atoms with E-state index in [9.17, 15) is 4.79 Å². The molecule has 0 unspecified atom stereocenters. The normalized spacial score (nSPS) is 15.2. The smallest absolute Gasteiger partial charge is 0.235 e. The Morgan fingerprint density at radius 3 is 2.55 bits per heavy atom. The van der Waals surface area contributed by atoms with E-state index in [-0.39, 0.29) is 11.2 Å². The van der Waals surface area contributed by atoms with Crippen LogP contribution >= 0.6 is 11.8 Å². The fourth-order valence-electron chi connectivity index (χ4n) is 2.81. The second-order valence-corrected chi connectivity index (χ2v) is 7.05. The number of nitrogens with zero attached hydrogens (tertiary/aromatic N) is 1. The van der Waals surface area contributed by atoms with Gasteiger partial charge in [-0.25, -0.2) is 0 Å². The third-order valence-electron chi connectivity index (χ3n) is 4.13. The van der Waals surface area contributed by atoms with Crippen LogP contribution in [0.1, 0.15) is 23.6 Å². The van der Waals surface area contributed by atoms with Crippen molar-refractivity contribution < 1.29 is 4.79 Å². The Balaban J connectivity index is 1.57. The molecule has 2 nitrogen and oxygen atoms in total. The minimum absolute atomic E-state index is 0.00506. The molecule has 2 aromatic carbocycles. The molecule has 1 atom stereocenters. The number of carbonyl (C=O) groups is 1. The molecule has 0 fully saturated rings. The van der Waals surface area contributed by atoms with Crippen LogP contribution in [0.3, 0.4) is 0 Å². The molecule has 0 N–H and O–H groups in total. The Labute approximate surface area is 136 Å². The number of benzene rings is 2. The molecule has 2 aromatic rings. The first kappa shape index (κ1) is 15.2. The van der Waals surface area contributed by atoms with Crippen LogP contribution in [0.15, 0.2) is 54.6 Å². The lowest BCUT2D eigenvalue weighted by Gasteiger charge is -2.30. The molecule has 1 amide bonds. The lowest BCUT2D eigenvalue weighted by atomic mass is 10.00. The first-order valence-electron chi connectivity index (χ1n) is 7.75. The van der Waals surface area contributed by atoms with Crippen LogP contribution in [0.4, 0.5) is 0 Å². The van der Waals surface area contributed by atoms with Crippen LogP contribution in [-0.4, -0.2) is 22.6 Å². The van der Waals surface area contributed by atoms with Gasteiger partial charge in [-0.1, -0.05) is 54.6 Å². The van der Waals surface area contributed by atoms with Gasteiger partial charge in [0.1, 0.15) is 0 Å². The SMILES string of the molecule is C[C@@H](SCc1ccccc1)C(=O)N1CCc2ccccc2C1. The van der Waals surface area contributed by atoms with E-state index in [4.69, 9.17) is 0 Å². The summed E-state index contributed by atoms with van der Waals surface area (Å²) in [6.07, 6.45) is 0.970. The zero-order valence-corrected chi connectivity index (χ0v) is 13.7. The molecular formula is C19H21NOS. The highest BCUT2D eigenvalue weighted by atomic mass is 32.2. The quantitative estimate of drug-likeness (QED) is 0.853.